The second kappa shape index (κ2) is 6.95. The number of carboxylic acids is 1. The predicted octanol–water partition coefficient (Wildman–Crippen LogP) is 1.44. The molecule has 1 aromatic heterocycles. The van der Waals surface area contributed by atoms with Crippen molar-refractivity contribution in [1.82, 2.24) is 15.6 Å². The topological polar surface area (TPSA) is 91.3 Å². The van der Waals surface area contributed by atoms with Crippen LogP contribution in [0.5, 0.6) is 0 Å². The molecule has 0 spiro atoms. The summed E-state index contributed by atoms with van der Waals surface area (Å²) in [6, 6.07) is -1.36. The van der Waals surface area contributed by atoms with Crippen molar-refractivity contribution in [2.45, 2.75) is 32.9 Å². The number of urea groups is 1. The summed E-state index contributed by atoms with van der Waals surface area (Å²) in [6.07, 6.45) is 0.684. The Morgan fingerprint density at radius 1 is 1.56 bits per heavy atom. The maximum atomic E-state index is 11.6. The van der Waals surface area contributed by atoms with Gasteiger partial charge in [-0.3, -0.25) is 0 Å². The monoisotopic (exact) mass is 271 g/mol. The highest BCUT2D eigenvalue weighted by Crippen LogP contribution is 2.07. The molecule has 100 valence electrons. The highest BCUT2D eigenvalue weighted by molar-refractivity contribution is 7.07. The van der Waals surface area contributed by atoms with Crippen LogP contribution in [-0.4, -0.2) is 28.1 Å². The molecule has 18 heavy (non-hydrogen) atoms. The van der Waals surface area contributed by atoms with E-state index in [1.807, 2.05) is 12.3 Å². The van der Waals surface area contributed by atoms with Gasteiger partial charge in [0.05, 0.1) is 17.7 Å². The normalized spacial score (nSPS) is 13.7. The molecule has 0 bridgehead atoms. The Morgan fingerprint density at radius 2 is 2.28 bits per heavy atom. The summed E-state index contributed by atoms with van der Waals surface area (Å²) in [5.74, 6) is -1.14. The molecule has 0 aromatic carbocycles. The van der Waals surface area contributed by atoms with E-state index < -0.39 is 18.0 Å². The van der Waals surface area contributed by atoms with Crippen molar-refractivity contribution in [3.63, 3.8) is 0 Å². The fourth-order valence-corrected chi connectivity index (χ4v) is 1.93. The summed E-state index contributed by atoms with van der Waals surface area (Å²) in [7, 11) is 0. The van der Waals surface area contributed by atoms with E-state index in [-0.39, 0.29) is 5.92 Å². The van der Waals surface area contributed by atoms with Gasteiger partial charge in [0.25, 0.3) is 0 Å². The van der Waals surface area contributed by atoms with E-state index in [9.17, 15) is 9.59 Å². The van der Waals surface area contributed by atoms with Crippen LogP contribution < -0.4 is 10.6 Å². The van der Waals surface area contributed by atoms with Crippen LogP contribution in [0, 0.1) is 5.92 Å². The Kier molecular flexibility index (Phi) is 5.57. The van der Waals surface area contributed by atoms with Gasteiger partial charge in [0.15, 0.2) is 0 Å². The quantitative estimate of drug-likeness (QED) is 0.730. The first kappa shape index (κ1) is 14.4. The number of thiazole rings is 1. The number of aromatic nitrogens is 1. The number of carboxylic acid groups (broad SMARTS) is 1. The summed E-state index contributed by atoms with van der Waals surface area (Å²) in [5.41, 5.74) is 2.43. The van der Waals surface area contributed by atoms with Gasteiger partial charge in [-0.2, -0.15) is 0 Å². The van der Waals surface area contributed by atoms with Crippen LogP contribution in [0.1, 0.15) is 26.0 Å². The molecule has 0 saturated carbocycles. The molecule has 6 nitrogen and oxygen atoms in total. The van der Waals surface area contributed by atoms with Crippen molar-refractivity contribution in [3.05, 3.63) is 16.6 Å². The second-order valence-corrected chi connectivity index (χ2v) is 4.73. The van der Waals surface area contributed by atoms with Crippen molar-refractivity contribution in [3.8, 4) is 0 Å². The smallest absolute Gasteiger partial charge is 0.326 e. The Balaban J connectivity index is 2.44. The van der Waals surface area contributed by atoms with Crippen LogP contribution in [0.15, 0.2) is 10.9 Å². The van der Waals surface area contributed by atoms with E-state index in [0.717, 1.165) is 5.69 Å². The first-order valence-corrected chi connectivity index (χ1v) is 6.63. The first-order chi connectivity index (χ1) is 8.54. The molecule has 0 radical (unpaired) electrons. The number of rotatable bonds is 6. The van der Waals surface area contributed by atoms with Crippen LogP contribution in [0.4, 0.5) is 4.79 Å². The summed E-state index contributed by atoms with van der Waals surface area (Å²) in [6.45, 7) is 3.97. The third kappa shape index (κ3) is 4.33. The van der Waals surface area contributed by atoms with Gasteiger partial charge < -0.3 is 15.7 Å². The van der Waals surface area contributed by atoms with Gasteiger partial charge >= 0.3 is 12.0 Å². The van der Waals surface area contributed by atoms with E-state index in [2.05, 4.69) is 15.6 Å². The van der Waals surface area contributed by atoms with Crippen molar-refractivity contribution >= 4 is 23.3 Å². The maximum absolute atomic E-state index is 11.6. The molecule has 1 aromatic rings. The fraction of sp³-hybridized carbons (Fsp3) is 0.545. The van der Waals surface area contributed by atoms with Gasteiger partial charge in [0.1, 0.15) is 6.04 Å². The van der Waals surface area contributed by atoms with Gasteiger partial charge in [0, 0.05) is 5.38 Å². The van der Waals surface area contributed by atoms with Gasteiger partial charge in [-0.25, -0.2) is 14.6 Å². The lowest BCUT2D eigenvalue weighted by molar-refractivity contribution is -0.140. The van der Waals surface area contributed by atoms with Gasteiger partial charge in [-0.05, 0) is 5.92 Å². The van der Waals surface area contributed by atoms with E-state index >= 15 is 0 Å². The summed E-state index contributed by atoms with van der Waals surface area (Å²) < 4.78 is 0. The van der Waals surface area contributed by atoms with Crippen LogP contribution in [0.2, 0.25) is 0 Å². The summed E-state index contributed by atoms with van der Waals surface area (Å²) >= 11 is 1.44. The standard InChI is InChI=1S/C11H17N3O3S/c1-3-7(2)9(10(15)16)14-11(17)12-4-8-5-18-6-13-8/h5-7,9H,3-4H2,1-2H3,(H,15,16)(H2,12,14,17). The van der Waals surface area contributed by atoms with Crippen molar-refractivity contribution in [1.29, 1.82) is 0 Å². The van der Waals surface area contributed by atoms with Crippen molar-refractivity contribution < 1.29 is 14.7 Å². The number of aliphatic carboxylic acids is 1. The Labute approximate surface area is 109 Å². The molecule has 1 heterocycles. The van der Waals surface area contributed by atoms with E-state index in [0.29, 0.717) is 13.0 Å². The number of carbonyl (C=O) groups excluding carboxylic acids is 1. The highest BCUT2D eigenvalue weighted by atomic mass is 32.1. The molecule has 2 unspecified atom stereocenters. The second-order valence-electron chi connectivity index (χ2n) is 4.01. The summed E-state index contributed by atoms with van der Waals surface area (Å²) in [5, 5.41) is 15.9. The fourth-order valence-electron chi connectivity index (χ4n) is 1.37. The van der Waals surface area contributed by atoms with Crippen LogP contribution in [0.25, 0.3) is 0 Å². The Hall–Kier alpha value is -1.63. The minimum absolute atomic E-state index is 0.118. The van der Waals surface area contributed by atoms with Gasteiger partial charge in [-0.1, -0.05) is 20.3 Å². The molecule has 1 rings (SSSR count). The largest absolute Gasteiger partial charge is 0.480 e. The lowest BCUT2D eigenvalue weighted by Crippen LogP contribution is -2.48. The molecule has 7 heteroatoms. The van der Waals surface area contributed by atoms with Crippen LogP contribution >= 0.6 is 11.3 Å². The molecule has 0 saturated heterocycles. The zero-order chi connectivity index (χ0) is 13.5. The maximum Gasteiger partial charge on any atom is 0.326 e. The Bertz CT molecular complexity index is 394. The SMILES string of the molecule is CCC(C)C(NC(=O)NCc1cscn1)C(=O)O. The molecule has 0 fully saturated rings. The molecule has 3 N–H and O–H groups in total. The van der Waals surface area contributed by atoms with Gasteiger partial charge in [-0.15, -0.1) is 11.3 Å². The van der Waals surface area contributed by atoms with Gasteiger partial charge in [0.2, 0.25) is 0 Å². The molecule has 0 aliphatic carbocycles. The number of hydrogen-bond acceptors (Lipinski definition) is 4. The minimum Gasteiger partial charge on any atom is -0.480 e. The number of carbonyl (C=O) groups is 2. The highest BCUT2D eigenvalue weighted by Gasteiger charge is 2.25. The number of hydrogen-bond donors (Lipinski definition) is 3. The lowest BCUT2D eigenvalue weighted by atomic mass is 9.99. The molecular formula is C11H17N3O3S. The lowest BCUT2D eigenvalue weighted by Gasteiger charge is -2.20. The van der Waals surface area contributed by atoms with Crippen molar-refractivity contribution in [2.24, 2.45) is 5.92 Å². The van der Waals surface area contributed by atoms with E-state index in [1.54, 1.807) is 12.4 Å². The zero-order valence-electron chi connectivity index (χ0n) is 10.3. The first-order valence-electron chi connectivity index (χ1n) is 5.68. The molecule has 0 aliphatic rings. The Morgan fingerprint density at radius 3 is 2.78 bits per heavy atom. The average molecular weight is 271 g/mol. The molecule has 0 aliphatic heterocycles. The third-order valence-corrected chi connectivity index (χ3v) is 3.31. The van der Waals surface area contributed by atoms with Crippen molar-refractivity contribution in [2.75, 3.05) is 0 Å². The number of amides is 2. The minimum atomic E-state index is -1.02. The van der Waals surface area contributed by atoms with E-state index in [1.165, 1.54) is 11.3 Å². The third-order valence-electron chi connectivity index (χ3n) is 2.68. The average Bonchev–Trinajstić information content (AvgIpc) is 2.85. The number of nitrogens with one attached hydrogen (secondary N) is 2. The molecular weight excluding hydrogens is 254 g/mol. The predicted molar refractivity (Wildman–Crippen MR) is 68.4 cm³/mol. The van der Waals surface area contributed by atoms with Crippen LogP contribution in [-0.2, 0) is 11.3 Å². The van der Waals surface area contributed by atoms with E-state index in [4.69, 9.17) is 5.11 Å². The summed E-state index contributed by atoms with van der Waals surface area (Å²) in [4.78, 5) is 26.6. The molecule has 2 atom stereocenters. The zero-order valence-corrected chi connectivity index (χ0v) is 11.2. The number of nitrogens with zero attached hydrogens (tertiary/aromatic N) is 1. The van der Waals surface area contributed by atoms with Crippen LogP contribution in [0.3, 0.4) is 0 Å². The molecule has 2 amide bonds.